The highest BCUT2D eigenvalue weighted by Gasteiger charge is 2.10. The lowest BCUT2D eigenvalue weighted by Crippen LogP contribution is -2.27. The number of unbranched alkanes of at least 4 members (excludes halogenated alkanes) is 1. The molecule has 0 saturated heterocycles. The topological polar surface area (TPSA) is 64.3 Å². The molecule has 0 aliphatic rings. The summed E-state index contributed by atoms with van der Waals surface area (Å²) < 4.78 is 0. The summed E-state index contributed by atoms with van der Waals surface area (Å²) in [6.45, 7) is 4.13. The van der Waals surface area contributed by atoms with E-state index < -0.39 is 5.97 Å². The Bertz CT molecular complexity index is 452. The molecule has 1 rings (SSSR count). The molecular formula is C15H20N2O2. The molecule has 0 atom stereocenters. The monoisotopic (exact) mass is 260 g/mol. The fourth-order valence-electron chi connectivity index (χ4n) is 1.91. The molecular weight excluding hydrogens is 240 g/mol. The van der Waals surface area contributed by atoms with Crippen LogP contribution in [0.5, 0.6) is 0 Å². The van der Waals surface area contributed by atoms with Crippen molar-refractivity contribution in [3.8, 4) is 6.07 Å². The van der Waals surface area contributed by atoms with Crippen molar-refractivity contribution in [2.45, 2.75) is 32.7 Å². The minimum Gasteiger partial charge on any atom is -0.481 e. The molecule has 0 heterocycles. The van der Waals surface area contributed by atoms with E-state index in [0.29, 0.717) is 18.7 Å². The molecule has 4 nitrogen and oxygen atoms in total. The van der Waals surface area contributed by atoms with Gasteiger partial charge in [-0.25, -0.2) is 0 Å². The molecule has 1 aromatic rings. The third-order valence-corrected chi connectivity index (χ3v) is 3.00. The SMILES string of the molecule is CCCCN(CCC(=O)O)Cc1ccccc1C#N. The molecule has 0 aliphatic heterocycles. The van der Waals surface area contributed by atoms with Crippen molar-refractivity contribution in [1.29, 1.82) is 5.26 Å². The van der Waals surface area contributed by atoms with E-state index in [0.717, 1.165) is 24.9 Å². The first-order chi connectivity index (χ1) is 9.17. The second-order valence-corrected chi connectivity index (χ2v) is 4.54. The molecule has 0 aromatic heterocycles. The zero-order valence-electron chi connectivity index (χ0n) is 11.3. The van der Waals surface area contributed by atoms with E-state index >= 15 is 0 Å². The molecule has 0 saturated carbocycles. The molecule has 0 spiro atoms. The average Bonchev–Trinajstić information content (AvgIpc) is 2.42. The van der Waals surface area contributed by atoms with E-state index in [1.807, 2.05) is 18.2 Å². The molecule has 4 heteroatoms. The van der Waals surface area contributed by atoms with Crippen LogP contribution in [0.3, 0.4) is 0 Å². The van der Waals surface area contributed by atoms with Gasteiger partial charge in [-0.15, -0.1) is 0 Å². The van der Waals surface area contributed by atoms with Gasteiger partial charge in [-0.1, -0.05) is 31.5 Å². The van der Waals surface area contributed by atoms with Gasteiger partial charge in [-0.2, -0.15) is 5.26 Å². The number of aliphatic carboxylic acids is 1. The Morgan fingerprint density at radius 3 is 2.74 bits per heavy atom. The Kier molecular flexibility index (Phi) is 6.62. The van der Waals surface area contributed by atoms with Crippen LogP contribution in [-0.4, -0.2) is 29.1 Å². The largest absolute Gasteiger partial charge is 0.481 e. The standard InChI is InChI=1S/C15H20N2O2/c1-2-3-9-17(10-8-15(18)19)12-14-7-5-4-6-13(14)11-16/h4-7H,2-3,8-10,12H2,1H3,(H,18,19). The number of rotatable bonds is 8. The summed E-state index contributed by atoms with van der Waals surface area (Å²) in [6.07, 6.45) is 2.25. The molecule has 0 unspecified atom stereocenters. The maximum Gasteiger partial charge on any atom is 0.304 e. The summed E-state index contributed by atoms with van der Waals surface area (Å²) >= 11 is 0. The third kappa shape index (κ3) is 5.54. The zero-order valence-corrected chi connectivity index (χ0v) is 11.3. The number of nitriles is 1. The summed E-state index contributed by atoms with van der Waals surface area (Å²) in [5.41, 5.74) is 1.63. The number of hydrogen-bond acceptors (Lipinski definition) is 3. The highest BCUT2D eigenvalue weighted by molar-refractivity contribution is 5.66. The van der Waals surface area contributed by atoms with Gasteiger partial charge < -0.3 is 5.11 Å². The number of carboxylic acid groups (broad SMARTS) is 1. The van der Waals surface area contributed by atoms with Crippen molar-refractivity contribution < 1.29 is 9.90 Å². The van der Waals surface area contributed by atoms with Gasteiger partial charge in [0.05, 0.1) is 18.1 Å². The maximum absolute atomic E-state index is 10.7. The lowest BCUT2D eigenvalue weighted by Gasteiger charge is -2.21. The Morgan fingerprint density at radius 1 is 1.37 bits per heavy atom. The minimum atomic E-state index is -0.782. The number of benzene rings is 1. The first-order valence-electron chi connectivity index (χ1n) is 6.59. The summed E-state index contributed by atoms with van der Waals surface area (Å²) in [5, 5.41) is 17.8. The maximum atomic E-state index is 10.7. The molecule has 0 fully saturated rings. The minimum absolute atomic E-state index is 0.137. The molecule has 0 aliphatic carbocycles. The number of carbonyl (C=O) groups is 1. The van der Waals surface area contributed by atoms with Crippen LogP contribution in [0.2, 0.25) is 0 Å². The van der Waals surface area contributed by atoms with Gasteiger partial charge in [0.15, 0.2) is 0 Å². The van der Waals surface area contributed by atoms with E-state index in [9.17, 15) is 4.79 Å². The van der Waals surface area contributed by atoms with Gasteiger partial charge in [0.25, 0.3) is 0 Å². The van der Waals surface area contributed by atoms with E-state index in [-0.39, 0.29) is 6.42 Å². The Labute approximate surface area is 114 Å². The molecule has 102 valence electrons. The smallest absolute Gasteiger partial charge is 0.304 e. The van der Waals surface area contributed by atoms with Crippen LogP contribution in [0, 0.1) is 11.3 Å². The molecule has 1 aromatic carbocycles. The van der Waals surface area contributed by atoms with Crippen molar-refractivity contribution >= 4 is 5.97 Å². The van der Waals surface area contributed by atoms with Gasteiger partial charge in [-0.3, -0.25) is 9.69 Å². The second-order valence-electron chi connectivity index (χ2n) is 4.54. The van der Waals surface area contributed by atoms with Crippen molar-refractivity contribution in [1.82, 2.24) is 4.90 Å². The Hall–Kier alpha value is -1.86. The summed E-state index contributed by atoms with van der Waals surface area (Å²) in [6, 6.07) is 9.65. The molecule has 0 bridgehead atoms. The molecule has 0 radical (unpaired) electrons. The van der Waals surface area contributed by atoms with Gasteiger partial charge in [0.2, 0.25) is 0 Å². The predicted molar refractivity (Wildman–Crippen MR) is 73.6 cm³/mol. The fraction of sp³-hybridized carbons (Fsp3) is 0.467. The molecule has 0 amide bonds. The number of nitrogens with zero attached hydrogens (tertiary/aromatic N) is 2. The van der Waals surface area contributed by atoms with Crippen LogP contribution < -0.4 is 0 Å². The Morgan fingerprint density at radius 2 is 2.11 bits per heavy atom. The van der Waals surface area contributed by atoms with E-state index in [1.165, 1.54) is 0 Å². The highest BCUT2D eigenvalue weighted by Crippen LogP contribution is 2.11. The summed E-state index contributed by atoms with van der Waals surface area (Å²) in [4.78, 5) is 12.8. The average molecular weight is 260 g/mol. The number of hydrogen-bond donors (Lipinski definition) is 1. The van der Waals surface area contributed by atoms with Crippen LogP contribution in [-0.2, 0) is 11.3 Å². The van der Waals surface area contributed by atoms with E-state index in [1.54, 1.807) is 6.07 Å². The van der Waals surface area contributed by atoms with Crippen LogP contribution in [0.4, 0.5) is 0 Å². The molecule has 1 N–H and O–H groups in total. The van der Waals surface area contributed by atoms with Crippen LogP contribution in [0.25, 0.3) is 0 Å². The third-order valence-electron chi connectivity index (χ3n) is 3.00. The highest BCUT2D eigenvalue weighted by atomic mass is 16.4. The van der Waals surface area contributed by atoms with Crippen LogP contribution in [0.1, 0.15) is 37.3 Å². The fourth-order valence-corrected chi connectivity index (χ4v) is 1.91. The van der Waals surface area contributed by atoms with Gasteiger partial charge >= 0.3 is 5.97 Å². The second kappa shape index (κ2) is 8.28. The van der Waals surface area contributed by atoms with E-state index in [4.69, 9.17) is 10.4 Å². The lowest BCUT2D eigenvalue weighted by molar-refractivity contribution is -0.137. The first-order valence-corrected chi connectivity index (χ1v) is 6.59. The van der Waals surface area contributed by atoms with Crippen molar-refractivity contribution in [3.63, 3.8) is 0 Å². The van der Waals surface area contributed by atoms with Crippen molar-refractivity contribution in [2.24, 2.45) is 0 Å². The number of carboxylic acids is 1. The van der Waals surface area contributed by atoms with Crippen LogP contribution in [0.15, 0.2) is 24.3 Å². The molecule has 19 heavy (non-hydrogen) atoms. The van der Waals surface area contributed by atoms with Crippen molar-refractivity contribution in [3.05, 3.63) is 35.4 Å². The van der Waals surface area contributed by atoms with Crippen LogP contribution >= 0.6 is 0 Å². The predicted octanol–water partition coefficient (Wildman–Crippen LogP) is 2.64. The lowest BCUT2D eigenvalue weighted by atomic mass is 10.1. The van der Waals surface area contributed by atoms with Gasteiger partial charge in [0, 0.05) is 13.1 Å². The van der Waals surface area contributed by atoms with E-state index in [2.05, 4.69) is 17.9 Å². The van der Waals surface area contributed by atoms with Gasteiger partial charge in [0.1, 0.15) is 0 Å². The van der Waals surface area contributed by atoms with Crippen molar-refractivity contribution in [2.75, 3.05) is 13.1 Å². The normalized spacial score (nSPS) is 10.4. The zero-order chi connectivity index (χ0) is 14.1. The summed E-state index contributed by atoms with van der Waals surface area (Å²) in [7, 11) is 0. The quantitative estimate of drug-likeness (QED) is 0.780. The first kappa shape index (κ1) is 15.2. The van der Waals surface area contributed by atoms with Gasteiger partial charge in [-0.05, 0) is 24.6 Å². The summed E-state index contributed by atoms with van der Waals surface area (Å²) in [5.74, 6) is -0.782. The Balaban J connectivity index is 2.69.